The minimum Gasteiger partial charge on any atom is -0.393 e. The predicted octanol–water partition coefficient (Wildman–Crippen LogP) is 1.51. The van der Waals surface area contributed by atoms with Gasteiger partial charge in [0, 0.05) is 32.1 Å². The van der Waals surface area contributed by atoms with Crippen LogP contribution >= 0.6 is 0 Å². The summed E-state index contributed by atoms with van der Waals surface area (Å²) in [5, 5.41) is 10.2. The molecule has 1 aromatic carbocycles. The molecular formula is C19H28N2O3. The third kappa shape index (κ3) is 4.15. The first-order valence-electron chi connectivity index (χ1n) is 8.93. The Balaban J connectivity index is 1.59. The van der Waals surface area contributed by atoms with Gasteiger partial charge in [0.1, 0.15) is 0 Å². The zero-order chi connectivity index (χ0) is 16.9. The normalized spacial score (nSPS) is 28.0. The highest BCUT2D eigenvalue weighted by Crippen LogP contribution is 2.32. The summed E-state index contributed by atoms with van der Waals surface area (Å²) in [4.78, 5) is 16.6. The smallest absolute Gasteiger partial charge is 0.236 e. The maximum absolute atomic E-state index is 12.6. The number of nitrogens with zero attached hydrogens (tertiary/aromatic N) is 2. The quantitative estimate of drug-likeness (QED) is 0.888. The monoisotopic (exact) mass is 332 g/mol. The van der Waals surface area contributed by atoms with E-state index in [0.29, 0.717) is 26.3 Å². The van der Waals surface area contributed by atoms with E-state index in [1.807, 2.05) is 37.4 Å². The largest absolute Gasteiger partial charge is 0.393 e. The standard InChI is InChI=1S/C19H28N2O3/c1-20(12-15-6-3-2-4-7-15)19(23)13-21-10-11-24-14-17(21)16-8-5-9-18(16)22/h2-4,6-7,16-18,22H,5,8-14H2,1H3/t16-,17+,18+/m0/s1. The highest BCUT2D eigenvalue weighted by Gasteiger charge is 2.38. The Morgan fingerprint density at radius 2 is 2.12 bits per heavy atom. The van der Waals surface area contributed by atoms with Gasteiger partial charge in [-0.3, -0.25) is 9.69 Å². The highest BCUT2D eigenvalue weighted by molar-refractivity contribution is 5.78. The van der Waals surface area contributed by atoms with E-state index in [4.69, 9.17) is 4.74 Å². The Bertz CT molecular complexity index is 537. The SMILES string of the molecule is CN(Cc1ccccc1)C(=O)CN1CCOC[C@@H]1[C@@H]1CCC[C@H]1O. The first kappa shape index (κ1) is 17.4. The van der Waals surface area contributed by atoms with Gasteiger partial charge in [0.15, 0.2) is 0 Å². The van der Waals surface area contributed by atoms with Gasteiger partial charge in [-0.15, -0.1) is 0 Å². The molecule has 1 saturated heterocycles. The van der Waals surface area contributed by atoms with Crippen LogP contribution in [0, 0.1) is 5.92 Å². The topological polar surface area (TPSA) is 53.0 Å². The van der Waals surface area contributed by atoms with E-state index in [9.17, 15) is 9.90 Å². The molecule has 1 heterocycles. The van der Waals surface area contributed by atoms with Crippen LogP contribution in [0.15, 0.2) is 30.3 Å². The van der Waals surface area contributed by atoms with Gasteiger partial charge in [0.2, 0.25) is 5.91 Å². The zero-order valence-corrected chi connectivity index (χ0v) is 14.4. The molecule has 1 aliphatic heterocycles. The van der Waals surface area contributed by atoms with E-state index < -0.39 is 0 Å². The van der Waals surface area contributed by atoms with E-state index in [1.165, 1.54) is 0 Å². The molecule has 2 fully saturated rings. The first-order chi connectivity index (χ1) is 11.6. The average molecular weight is 332 g/mol. The van der Waals surface area contributed by atoms with Gasteiger partial charge in [-0.05, 0) is 18.4 Å². The third-order valence-corrected chi connectivity index (χ3v) is 5.33. The Labute approximate surface area is 144 Å². The summed E-state index contributed by atoms with van der Waals surface area (Å²) < 4.78 is 5.63. The Morgan fingerprint density at radius 1 is 1.33 bits per heavy atom. The molecule has 1 saturated carbocycles. The Morgan fingerprint density at radius 3 is 2.83 bits per heavy atom. The lowest BCUT2D eigenvalue weighted by atomic mass is 9.94. The maximum Gasteiger partial charge on any atom is 0.236 e. The number of hydrogen-bond acceptors (Lipinski definition) is 4. The molecule has 132 valence electrons. The van der Waals surface area contributed by atoms with Gasteiger partial charge < -0.3 is 14.7 Å². The van der Waals surface area contributed by atoms with E-state index in [-0.39, 0.29) is 24.0 Å². The molecule has 0 radical (unpaired) electrons. The van der Waals surface area contributed by atoms with E-state index in [2.05, 4.69) is 4.90 Å². The fourth-order valence-electron chi connectivity index (χ4n) is 3.91. The molecule has 1 aliphatic carbocycles. The third-order valence-electron chi connectivity index (χ3n) is 5.33. The molecular weight excluding hydrogens is 304 g/mol. The number of hydrogen-bond donors (Lipinski definition) is 1. The van der Waals surface area contributed by atoms with Crippen molar-refractivity contribution in [1.29, 1.82) is 0 Å². The zero-order valence-electron chi connectivity index (χ0n) is 14.4. The van der Waals surface area contributed by atoms with E-state index in [1.54, 1.807) is 4.90 Å². The minimum absolute atomic E-state index is 0.123. The van der Waals surface area contributed by atoms with Gasteiger partial charge in [0.25, 0.3) is 0 Å². The Hall–Kier alpha value is -1.43. The van der Waals surface area contributed by atoms with Crippen molar-refractivity contribution in [3.63, 3.8) is 0 Å². The number of morpholine rings is 1. The lowest BCUT2D eigenvalue weighted by Crippen LogP contribution is -2.54. The van der Waals surface area contributed by atoms with Crippen LogP contribution in [-0.2, 0) is 16.1 Å². The molecule has 1 N–H and O–H groups in total. The van der Waals surface area contributed by atoms with Crippen LogP contribution in [0.3, 0.4) is 0 Å². The first-order valence-corrected chi connectivity index (χ1v) is 8.93. The molecule has 3 rings (SSSR count). The number of amides is 1. The summed E-state index contributed by atoms with van der Waals surface area (Å²) in [5.41, 5.74) is 1.14. The second kappa shape index (κ2) is 8.10. The average Bonchev–Trinajstić information content (AvgIpc) is 3.02. The van der Waals surface area contributed by atoms with Crippen molar-refractivity contribution in [2.45, 2.75) is 38.0 Å². The van der Waals surface area contributed by atoms with Crippen molar-refractivity contribution >= 4 is 5.91 Å². The van der Waals surface area contributed by atoms with E-state index >= 15 is 0 Å². The van der Waals surface area contributed by atoms with Gasteiger partial charge in [0.05, 0.1) is 25.9 Å². The summed E-state index contributed by atoms with van der Waals surface area (Å²) in [6.45, 7) is 3.08. The molecule has 1 aromatic rings. The number of carbonyl (C=O) groups excluding carboxylic acids is 1. The number of ether oxygens (including phenoxy) is 1. The lowest BCUT2D eigenvalue weighted by Gasteiger charge is -2.40. The molecule has 1 amide bonds. The number of carbonyl (C=O) groups is 1. The molecule has 5 heteroatoms. The van der Waals surface area contributed by atoms with E-state index in [0.717, 1.165) is 31.4 Å². The molecule has 0 aromatic heterocycles. The summed E-state index contributed by atoms with van der Waals surface area (Å²) in [7, 11) is 1.86. The van der Waals surface area contributed by atoms with Crippen molar-refractivity contribution in [2.24, 2.45) is 5.92 Å². The molecule has 0 unspecified atom stereocenters. The predicted molar refractivity (Wildman–Crippen MR) is 92.4 cm³/mol. The molecule has 5 nitrogen and oxygen atoms in total. The van der Waals surface area contributed by atoms with Gasteiger partial charge in [-0.25, -0.2) is 0 Å². The second-order valence-electron chi connectivity index (χ2n) is 7.01. The summed E-state index contributed by atoms with van der Waals surface area (Å²) in [6.07, 6.45) is 2.71. The Kier molecular flexibility index (Phi) is 5.87. The van der Waals surface area contributed by atoms with Crippen LogP contribution in [-0.4, -0.2) is 66.3 Å². The van der Waals surface area contributed by atoms with Gasteiger partial charge >= 0.3 is 0 Å². The van der Waals surface area contributed by atoms with Crippen LogP contribution in [0.5, 0.6) is 0 Å². The number of likely N-dealkylation sites (N-methyl/N-ethyl adjacent to an activating group) is 1. The fourth-order valence-corrected chi connectivity index (χ4v) is 3.91. The van der Waals surface area contributed by atoms with Crippen LogP contribution in [0.2, 0.25) is 0 Å². The van der Waals surface area contributed by atoms with Crippen molar-refractivity contribution in [1.82, 2.24) is 9.80 Å². The number of benzene rings is 1. The van der Waals surface area contributed by atoms with Crippen molar-refractivity contribution in [3.05, 3.63) is 35.9 Å². The van der Waals surface area contributed by atoms with Crippen molar-refractivity contribution in [2.75, 3.05) is 33.4 Å². The molecule has 3 atom stereocenters. The second-order valence-corrected chi connectivity index (χ2v) is 7.01. The summed E-state index contributed by atoms with van der Waals surface area (Å²) in [5.74, 6) is 0.357. The van der Waals surface area contributed by atoms with Crippen LogP contribution < -0.4 is 0 Å². The fraction of sp³-hybridized carbons (Fsp3) is 0.632. The van der Waals surface area contributed by atoms with Gasteiger partial charge in [-0.1, -0.05) is 36.8 Å². The molecule has 0 bridgehead atoms. The molecule has 24 heavy (non-hydrogen) atoms. The number of rotatable bonds is 5. The summed E-state index contributed by atoms with van der Waals surface area (Å²) in [6, 6.07) is 10.2. The number of aliphatic hydroxyl groups excluding tert-OH is 1. The molecule has 2 aliphatic rings. The van der Waals surface area contributed by atoms with Crippen LogP contribution in [0.1, 0.15) is 24.8 Å². The molecule has 0 spiro atoms. The number of aliphatic hydroxyl groups is 1. The van der Waals surface area contributed by atoms with Crippen molar-refractivity contribution in [3.8, 4) is 0 Å². The van der Waals surface area contributed by atoms with Crippen molar-refractivity contribution < 1.29 is 14.6 Å². The lowest BCUT2D eigenvalue weighted by molar-refractivity contribution is -0.135. The van der Waals surface area contributed by atoms with Crippen LogP contribution in [0.25, 0.3) is 0 Å². The highest BCUT2D eigenvalue weighted by atomic mass is 16.5. The minimum atomic E-state index is -0.253. The maximum atomic E-state index is 12.6. The van der Waals surface area contributed by atoms with Gasteiger partial charge in [-0.2, -0.15) is 0 Å². The van der Waals surface area contributed by atoms with Crippen LogP contribution in [0.4, 0.5) is 0 Å². The summed E-state index contributed by atoms with van der Waals surface area (Å²) >= 11 is 0.